The Labute approximate surface area is 241 Å². The molecule has 3 unspecified atom stereocenters. The minimum absolute atomic E-state index is 0.0556. The van der Waals surface area contributed by atoms with Crippen molar-refractivity contribution in [1.29, 1.82) is 0 Å². The second-order valence-corrected chi connectivity index (χ2v) is 13.9. The average Bonchev–Trinajstić information content (AvgIpc) is 3.43. The Hall–Kier alpha value is -2.33. The zero-order valence-electron chi connectivity index (χ0n) is 24.4. The van der Waals surface area contributed by atoms with Crippen molar-refractivity contribution >= 4 is 30.3 Å². The predicted octanol–water partition coefficient (Wildman–Crippen LogP) is 5.37. The molecule has 3 aliphatic heterocycles. The number of likely N-dealkylation sites (tertiary alicyclic amines) is 1. The maximum atomic E-state index is 15.4. The third kappa shape index (κ3) is 4.89. The number of aliphatic hydroxyl groups is 1. The number of β-amino-alcohol motifs (C(OH)–C–C–N with tert-alkyl or cyclic N) is 1. The molecule has 0 spiro atoms. The van der Waals surface area contributed by atoms with Crippen LogP contribution in [0.2, 0.25) is 5.02 Å². The van der Waals surface area contributed by atoms with Gasteiger partial charge in [0.05, 0.1) is 34.4 Å². The molecule has 0 bridgehead atoms. The Balaban J connectivity index is 1.65. The molecule has 3 atom stereocenters. The fourth-order valence-corrected chi connectivity index (χ4v) is 6.15. The number of nitrogens with zero attached hydrogens (tertiary/aromatic N) is 1. The van der Waals surface area contributed by atoms with Gasteiger partial charge in [-0.1, -0.05) is 41.9 Å². The van der Waals surface area contributed by atoms with Gasteiger partial charge in [-0.2, -0.15) is 0 Å². The van der Waals surface area contributed by atoms with E-state index in [-0.39, 0.29) is 24.4 Å². The summed E-state index contributed by atoms with van der Waals surface area (Å²) in [5, 5.41) is 11.1. The topological polar surface area (TPSA) is 77.5 Å². The third-order valence-corrected chi connectivity index (χ3v) is 8.88. The van der Waals surface area contributed by atoms with Crippen molar-refractivity contribution in [1.82, 2.24) is 4.90 Å². The quantitative estimate of drug-likeness (QED) is 0.498. The number of hydrogen-bond donors (Lipinski definition) is 1. The molecule has 7 nitrogen and oxygen atoms in total. The Kier molecular flexibility index (Phi) is 6.82. The van der Waals surface area contributed by atoms with Crippen LogP contribution in [0.5, 0.6) is 5.75 Å². The van der Waals surface area contributed by atoms with Crippen LogP contribution in [0, 0.1) is 5.82 Å². The maximum absolute atomic E-state index is 15.4. The lowest BCUT2D eigenvalue weighted by Gasteiger charge is -2.40. The fourth-order valence-electron chi connectivity index (χ4n) is 5.89. The van der Waals surface area contributed by atoms with Gasteiger partial charge >= 0.3 is 13.2 Å². The number of ether oxygens (including phenoxy) is 2. The van der Waals surface area contributed by atoms with E-state index in [1.54, 1.807) is 27.7 Å². The van der Waals surface area contributed by atoms with Gasteiger partial charge in [0.25, 0.3) is 0 Å². The first-order valence-electron chi connectivity index (χ1n) is 13.7. The summed E-state index contributed by atoms with van der Waals surface area (Å²) in [6, 6.07) is 10.1. The molecule has 0 saturated carbocycles. The summed E-state index contributed by atoms with van der Waals surface area (Å²) >= 11 is 6.62. The van der Waals surface area contributed by atoms with E-state index >= 15 is 4.39 Å². The van der Waals surface area contributed by atoms with Gasteiger partial charge in [0.2, 0.25) is 0 Å². The normalized spacial score (nSPS) is 28.9. The second kappa shape index (κ2) is 9.34. The van der Waals surface area contributed by atoms with Crippen LogP contribution in [0.15, 0.2) is 36.4 Å². The summed E-state index contributed by atoms with van der Waals surface area (Å²) in [4.78, 5) is 15.0. The van der Waals surface area contributed by atoms with E-state index in [9.17, 15) is 9.90 Å². The molecule has 0 aliphatic carbocycles. The van der Waals surface area contributed by atoms with E-state index in [0.29, 0.717) is 16.8 Å². The van der Waals surface area contributed by atoms with Crippen LogP contribution in [0.1, 0.15) is 72.9 Å². The minimum Gasteiger partial charge on any atom is -0.480 e. The first kappa shape index (κ1) is 29.2. The lowest BCUT2D eigenvalue weighted by Crippen LogP contribution is -2.53. The first-order valence-corrected chi connectivity index (χ1v) is 14.1. The number of halogens is 2. The van der Waals surface area contributed by atoms with Gasteiger partial charge in [-0.15, -0.1) is 0 Å². The van der Waals surface area contributed by atoms with E-state index in [1.165, 1.54) is 11.0 Å². The molecule has 10 heteroatoms. The van der Waals surface area contributed by atoms with Gasteiger partial charge in [0, 0.05) is 29.9 Å². The molecule has 5 rings (SSSR count). The molecule has 3 heterocycles. The first-order chi connectivity index (χ1) is 18.4. The Bertz CT molecular complexity index is 1310. The van der Waals surface area contributed by atoms with Crippen LogP contribution in [0.25, 0.3) is 0 Å². The molecular weight excluding hydrogens is 536 g/mol. The van der Waals surface area contributed by atoms with Gasteiger partial charge in [-0.25, -0.2) is 9.18 Å². The van der Waals surface area contributed by atoms with E-state index in [0.717, 1.165) is 5.56 Å². The van der Waals surface area contributed by atoms with Crippen molar-refractivity contribution in [2.45, 2.75) is 102 Å². The number of fused-ring (bicyclic) bond motifs is 1. The maximum Gasteiger partial charge on any atom is 0.496 e. The van der Waals surface area contributed by atoms with Gasteiger partial charge in [-0.3, -0.25) is 4.90 Å². The number of amides is 1. The molecule has 2 fully saturated rings. The molecule has 2 saturated heterocycles. The Morgan fingerprint density at radius 3 is 2.30 bits per heavy atom. The SMILES string of the molecule is CC1(O)CC(C2(c3ccccc3)Cc3c(cc(F)c(Cl)c3B3OC(C)(C)C(C)(C)O3)O2)N(C(=O)OC(C)(C)C)C1. The van der Waals surface area contributed by atoms with Gasteiger partial charge in [0.15, 0.2) is 5.60 Å². The predicted molar refractivity (Wildman–Crippen MR) is 152 cm³/mol. The molecule has 2 aromatic carbocycles. The third-order valence-electron chi connectivity index (χ3n) is 8.50. The molecule has 2 aromatic rings. The number of hydrogen-bond acceptors (Lipinski definition) is 6. The van der Waals surface area contributed by atoms with Gasteiger partial charge in [-0.05, 0) is 61.0 Å². The summed E-state index contributed by atoms with van der Waals surface area (Å²) in [6.07, 6.45) is -0.0938. The van der Waals surface area contributed by atoms with Crippen LogP contribution >= 0.6 is 11.6 Å². The van der Waals surface area contributed by atoms with E-state index in [1.807, 2.05) is 58.0 Å². The summed E-state index contributed by atoms with van der Waals surface area (Å²) < 4.78 is 40.5. The van der Waals surface area contributed by atoms with Gasteiger partial charge in [0.1, 0.15) is 17.2 Å². The van der Waals surface area contributed by atoms with Crippen molar-refractivity contribution < 1.29 is 33.1 Å². The van der Waals surface area contributed by atoms with Crippen molar-refractivity contribution in [2.24, 2.45) is 0 Å². The highest BCUT2D eigenvalue weighted by molar-refractivity contribution is 6.66. The largest absolute Gasteiger partial charge is 0.496 e. The molecule has 40 heavy (non-hydrogen) atoms. The zero-order chi connectivity index (χ0) is 29.5. The van der Waals surface area contributed by atoms with Crippen molar-refractivity contribution in [3.05, 3.63) is 58.4 Å². The van der Waals surface area contributed by atoms with E-state index in [4.69, 9.17) is 30.4 Å². The lowest BCUT2D eigenvalue weighted by molar-refractivity contribution is -0.0216. The summed E-state index contributed by atoms with van der Waals surface area (Å²) in [5.74, 6) is -0.359. The lowest BCUT2D eigenvalue weighted by atomic mass is 9.72. The standard InChI is InChI=1S/C30H38BClFNO6/c1-26(2,3)38-25(35)34-17-29(8,36)16-22(34)30(18-12-10-9-11-13-18)15-19-21(37-30)14-20(33)24(32)23(19)31-39-27(4,5)28(6,7)40-31/h9-14,22,36H,15-17H2,1-8H3. The number of carbonyl (C=O) groups excluding carboxylic acids is 1. The number of rotatable bonds is 3. The van der Waals surface area contributed by atoms with Crippen LogP contribution in [-0.2, 0) is 26.1 Å². The average molecular weight is 574 g/mol. The molecule has 1 N–H and O–H groups in total. The highest BCUT2D eigenvalue weighted by Crippen LogP contribution is 2.50. The van der Waals surface area contributed by atoms with E-state index < -0.39 is 53.1 Å². The monoisotopic (exact) mass is 573 g/mol. The summed E-state index contributed by atoms with van der Waals surface area (Å²) in [6.45, 7) is 14.8. The smallest absolute Gasteiger partial charge is 0.480 e. The molecule has 3 aliphatic rings. The molecule has 1 amide bonds. The van der Waals surface area contributed by atoms with Crippen molar-refractivity contribution in [2.75, 3.05) is 6.54 Å². The zero-order valence-corrected chi connectivity index (χ0v) is 25.2. The van der Waals surface area contributed by atoms with E-state index in [2.05, 4.69) is 0 Å². The highest BCUT2D eigenvalue weighted by atomic mass is 35.5. The minimum atomic E-state index is -1.20. The number of carbonyl (C=O) groups is 1. The summed E-state index contributed by atoms with van der Waals surface area (Å²) in [5.41, 5.74) is -2.65. The number of benzene rings is 2. The van der Waals surface area contributed by atoms with Crippen molar-refractivity contribution in [3.63, 3.8) is 0 Å². The molecule has 0 radical (unpaired) electrons. The highest BCUT2D eigenvalue weighted by Gasteiger charge is 2.60. The Morgan fingerprint density at radius 2 is 1.73 bits per heavy atom. The molecular formula is C30H38BClFNO6. The summed E-state index contributed by atoms with van der Waals surface area (Å²) in [7, 11) is -0.925. The van der Waals surface area contributed by atoms with Crippen LogP contribution in [-0.4, -0.2) is 58.2 Å². The van der Waals surface area contributed by atoms with Crippen LogP contribution in [0.4, 0.5) is 9.18 Å². The Morgan fingerprint density at radius 1 is 1.12 bits per heavy atom. The fraction of sp³-hybridized carbons (Fsp3) is 0.567. The van der Waals surface area contributed by atoms with Crippen molar-refractivity contribution in [3.8, 4) is 5.75 Å². The van der Waals surface area contributed by atoms with Crippen LogP contribution < -0.4 is 10.2 Å². The molecule has 216 valence electrons. The van der Waals surface area contributed by atoms with Crippen LogP contribution in [0.3, 0.4) is 0 Å². The molecule has 0 aromatic heterocycles. The second-order valence-electron chi connectivity index (χ2n) is 13.5. The van der Waals surface area contributed by atoms with Gasteiger partial charge < -0.3 is 23.9 Å².